The number of benzene rings is 7. The number of furan rings is 1. The predicted octanol–water partition coefficient (Wildman–Crippen LogP) is 11.8. The summed E-state index contributed by atoms with van der Waals surface area (Å²) in [5.74, 6) is 0.554. The van der Waals surface area contributed by atoms with Crippen LogP contribution in [0.3, 0.4) is 0 Å². The Labute approximate surface area is 307 Å². The molecular weight excluding hydrogens is 647 g/mol. The summed E-state index contributed by atoms with van der Waals surface area (Å²) >= 11 is 0. The van der Waals surface area contributed by atoms with Gasteiger partial charge in [-0.3, -0.25) is 0 Å². The van der Waals surface area contributed by atoms with Gasteiger partial charge in [0.15, 0.2) is 5.82 Å². The zero-order valence-corrected chi connectivity index (χ0v) is 29.3. The Bertz CT molecular complexity index is 2890. The fraction of sp³-hybridized carbons (Fsp3) is 0.0816. The van der Waals surface area contributed by atoms with E-state index in [1.807, 2.05) is 30.3 Å². The molecule has 0 amide bonds. The van der Waals surface area contributed by atoms with Gasteiger partial charge in [-0.15, -0.1) is 10.2 Å². The van der Waals surface area contributed by atoms with Crippen LogP contribution in [0.4, 0.5) is 0 Å². The maximum absolute atomic E-state index is 6.24. The zero-order valence-electron chi connectivity index (χ0n) is 29.3. The molecule has 0 fully saturated rings. The Balaban J connectivity index is 1.16. The van der Waals surface area contributed by atoms with E-state index in [-0.39, 0.29) is 5.41 Å². The molecule has 0 saturated carbocycles. The van der Waals surface area contributed by atoms with Gasteiger partial charge in [0.05, 0.1) is 5.41 Å². The standard InChI is InChI=1S/C49H33N3O/c1-48(2)39-21-11-12-22-41(39)49(37-19-9-6-16-33(37)34-17-7-10-20-38(34)49)42-28-31(25-27-40(42)48)46-45(30-14-4-3-5-15-30)50-47(52-51-46)32-24-26-36-35-18-8-13-23-43(35)53-44(36)29-32/h3-29H,1-2H3. The van der Waals surface area contributed by atoms with Crippen molar-refractivity contribution in [2.45, 2.75) is 24.7 Å². The van der Waals surface area contributed by atoms with Gasteiger partial charge in [-0.25, -0.2) is 4.98 Å². The first-order valence-electron chi connectivity index (χ1n) is 18.2. The lowest BCUT2D eigenvalue weighted by Crippen LogP contribution is -2.40. The number of rotatable bonds is 3. The summed E-state index contributed by atoms with van der Waals surface area (Å²) in [5.41, 5.74) is 15.8. The van der Waals surface area contributed by atoms with Crippen LogP contribution in [0.1, 0.15) is 47.2 Å². The van der Waals surface area contributed by atoms with Crippen molar-refractivity contribution in [3.05, 3.63) is 197 Å². The second-order valence-corrected chi connectivity index (χ2v) is 14.8. The van der Waals surface area contributed by atoms with E-state index in [0.29, 0.717) is 5.82 Å². The molecule has 53 heavy (non-hydrogen) atoms. The van der Waals surface area contributed by atoms with Crippen LogP contribution >= 0.6 is 0 Å². The molecular formula is C49H33N3O. The largest absolute Gasteiger partial charge is 0.456 e. The van der Waals surface area contributed by atoms with E-state index in [9.17, 15) is 0 Å². The van der Waals surface area contributed by atoms with Crippen molar-refractivity contribution in [3.63, 3.8) is 0 Å². The minimum Gasteiger partial charge on any atom is -0.456 e. The molecule has 11 rings (SSSR count). The number of nitrogens with zero attached hydrogens (tertiary/aromatic N) is 3. The fourth-order valence-electron chi connectivity index (χ4n) is 9.31. The maximum Gasteiger partial charge on any atom is 0.182 e. The smallest absolute Gasteiger partial charge is 0.182 e. The van der Waals surface area contributed by atoms with Crippen molar-refractivity contribution in [2.24, 2.45) is 0 Å². The first-order chi connectivity index (χ1) is 26.0. The Morgan fingerprint density at radius 3 is 1.79 bits per heavy atom. The van der Waals surface area contributed by atoms with Crippen molar-refractivity contribution < 1.29 is 4.42 Å². The number of hydrogen-bond acceptors (Lipinski definition) is 4. The summed E-state index contributed by atoms with van der Waals surface area (Å²) < 4.78 is 6.24. The first kappa shape index (κ1) is 30.0. The highest BCUT2D eigenvalue weighted by atomic mass is 16.3. The molecule has 0 bridgehead atoms. The second kappa shape index (κ2) is 10.9. The van der Waals surface area contributed by atoms with E-state index >= 15 is 0 Å². The van der Waals surface area contributed by atoms with Crippen LogP contribution in [0.5, 0.6) is 0 Å². The van der Waals surface area contributed by atoms with Gasteiger partial charge in [0.25, 0.3) is 0 Å². The van der Waals surface area contributed by atoms with E-state index in [4.69, 9.17) is 19.6 Å². The van der Waals surface area contributed by atoms with Crippen LogP contribution in [0, 0.1) is 0 Å². The Hall–Kier alpha value is -6.65. The lowest BCUT2D eigenvalue weighted by Gasteiger charge is -2.46. The van der Waals surface area contributed by atoms with Crippen molar-refractivity contribution >= 4 is 21.9 Å². The van der Waals surface area contributed by atoms with E-state index in [0.717, 1.165) is 50.0 Å². The van der Waals surface area contributed by atoms with Gasteiger partial charge in [-0.05, 0) is 68.8 Å². The van der Waals surface area contributed by atoms with Crippen LogP contribution in [0.15, 0.2) is 168 Å². The maximum atomic E-state index is 6.24. The van der Waals surface area contributed by atoms with Gasteiger partial charge >= 0.3 is 0 Å². The van der Waals surface area contributed by atoms with Crippen molar-refractivity contribution in [1.82, 2.24) is 15.2 Å². The highest BCUT2D eigenvalue weighted by molar-refractivity contribution is 6.05. The Kier molecular flexibility index (Phi) is 6.19. The molecule has 2 aliphatic rings. The van der Waals surface area contributed by atoms with Gasteiger partial charge < -0.3 is 4.42 Å². The average Bonchev–Trinajstić information content (AvgIpc) is 3.74. The van der Waals surface area contributed by atoms with Crippen molar-refractivity contribution in [2.75, 3.05) is 0 Å². The van der Waals surface area contributed by atoms with E-state index in [1.165, 1.54) is 44.5 Å². The molecule has 4 heteroatoms. The number of aromatic nitrogens is 3. The lowest BCUT2D eigenvalue weighted by molar-refractivity contribution is 0.563. The summed E-state index contributed by atoms with van der Waals surface area (Å²) in [6.07, 6.45) is 0. The third kappa shape index (κ3) is 4.09. The quantitative estimate of drug-likeness (QED) is 0.186. The molecule has 0 radical (unpaired) electrons. The molecule has 4 nitrogen and oxygen atoms in total. The van der Waals surface area contributed by atoms with Gasteiger partial charge in [-0.2, -0.15) is 0 Å². The molecule has 0 unspecified atom stereocenters. The third-order valence-corrected chi connectivity index (χ3v) is 11.7. The predicted molar refractivity (Wildman–Crippen MR) is 213 cm³/mol. The van der Waals surface area contributed by atoms with Crippen LogP contribution in [-0.2, 0) is 10.8 Å². The second-order valence-electron chi connectivity index (χ2n) is 14.8. The summed E-state index contributed by atoms with van der Waals surface area (Å²) in [6, 6.07) is 58.5. The highest BCUT2D eigenvalue weighted by Gasteiger charge is 2.53. The van der Waals surface area contributed by atoms with Gasteiger partial charge in [0.1, 0.15) is 22.6 Å². The SMILES string of the molecule is CC1(C)c2ccccc2C2(c3ccccc3-c3ccccc32)c2cc(-c3nnc(-c4ccc5c(c4)oc4ccccc45)nc3-c3ccccc3)ccc21. The number of para-hydroxylation sites is 1. The van der Waals surface area contributed by atoms with E-state index in [2.05, 4.69) is 147 Å². The van der Waals surface area contributed by atoms with Gasteiger partial charge in [0.2, 0.25) is 0 Å². The minimum atomic E-state index is -0.500. The summed E-state index contributed by atoms with van der Waals surface area (Å²) in [6.45, 7) is 4.71. The topological polar surface area (TPSA) is 51.8 Å². The van der Waals surface area contributed by atoms with Gasteiger partial charge in [0, 0.05) is 32.9 Å². The lowest BCUT2D eigenvalue weighted by atomic mass is 9.55. The molecule has 0 atom stereocenters. The molecule has 2 aliphatic carbocycles. The molecule has 2 aromatic heterocycles. The van der Waals surface area contributed by atoms with Crippen LogP contribution in [-0.4, -0.2) is 15.2 Å². The molecule has 0 N–H and O–H groups in total. The fourth-order valence-corrected chi connectivity index (χ4v) is 9.31. The minimum absolute atomic E-state index is 0.229. The third-order valence-electron chi connectivity index (χ3n) is 11.7. The van der Waals surface area contributed by atoms with Crippen molar-refractivity contribution in [1.29, 1.82) is 0 Å². The summed E-state index contributed by atoms with van der Waals surface area (Å²) in [4.78, 5) is 5.27. The van der Waals surface area contributed by atoms with Gasteiger partial charge in [-0.1, -0.05) is 153 Å². The molecule has 0 aliphatic heterocycles. The van der Waals surface area contributed by atoms with Crippen molar-refractivity contribution in [3.8, 4) is 45.0 Å². The molecule has 7 aromatic carbocycles. The van der Waals surface area contributed by atoms with Crippen LogP contribution in [0.2, 0.25) is 0 Å². The monoisotopic (exact) mass is 679 g/mol. The molecule has 2 heterocycles. The van der Waals surface area contributed by atoms with Crippen LogP contribution < -0.4 is 0 Å². The normalized spacial score (nSPS) is 14.5. The number of hydrogen-bond donors (Lipinski definition) is 0. The highest BCUT2D eigenvalue weighted by Crippen LogP contribution is 2.62. The zero-order chi connectivity index (χ0) is 35.3. The number of fused-ring (bicyclic) bond motifs is 12. The average molecular weight is 680 g/mol. The Morgan fingerprint density at radius 1 is 0.415 bits per heavy atom. The summed E-state index contributed by atoms with van der Waals surface area (Å²) in [7, 11) is 0. The molecule has 9 aromatic rings. The molecule has 0 saturated heterocycles. The van der Waals surface area contributed by atoms with E-state index in [1.54, 1.807) is 0 Å². The van der Waals surface area contributed by atoms with Crippen LogP contribution in [0.25, 0.3) is 67.0 Å². The Morgan fingerprint density at radius 2 is 1.02 bits per heavy atom. The molecule has 250 valence electrons. The molecule has 1 spiro atoms. The van der Waals surface area contributed by atoms with E-state index < -0.39 is 5.41 Å². The first-order valence-corrected chi connectivity index (χ1v) is 18.2. The summed E-state index contributed by atoms with van der Waals surface area (Å²) in [5, 5.41) is 12.0.